The Morgan fingerprint density at radius 3 is 2.08 bits per heavy atom. The molecule has 2 aromatic rings. The third-order valence-corrected chi connectivity index (χ3v) is 9.88. The van der Waals surface area contributed by atoms with Gasteiger partial charge in [0.15, 0.2) is 5.96 Å². The monoisotopic (exact) mass is 785 g/mol. The van der Waals surface area contributed by atoms with Gasteiger partial charge in [0, 0.05) is 17.1 Å². The van der Waals surface area contributed by atoms with Crippen molar-refractivity contribution in [1.29, 1.82) is 0 Å². The number of nitrogens with zero attached hydrogens (tertiary/aromatic N) is 2. The molecule has 3 rings (SSSR count). The van der Waals surface area contributed by atoms with Crippen LogP contribution in [0, 0.1) is 0 Å². The number of nitrogens with two attached hydrogens (primary N) is 4. The van der Waals surface area contributed by atoms with E-state index in [0.717, 1.165) is 12.0 Å². The Bertz CT molecular complexity index is 1670. The molecule has 14 nitrogen and oxygen atoms in total. The van der Waals surface area contributed by atoms with Crippen LogP contribution >= 0.6 is 35.6 Å². The molecule has 0 radical (unpaired) electrons. The van der Waals surface area contributed by atoms with Crippen LogP contribution in [0.15, 0.2) is 58.4 Å². The number of unbranched alkanes of at least 4 members (excludes halogenated alkanes) is 2. The number of primary amides is 1. The van der Waals surface area contributed by atoms with Crippen molar-refractivity contribution in [3.8, 4) is 0 Å². The lowest BCUT2D eigenvalue weighted by atomic mass is 10.0. The maximum atomic E-state index is 13.7. The van der Waals surface area contributed by atoms with Gasteiger partial charge in [-0.3, -0.25) is 33.9 Å². The molecule has 1 aliphatic rings. The van der Waals surface area contributed by atoms with Gasteiger partial charge in [0.25, 0.3) is 11.8 Å². The minimum atomic E-state index is -1.06. The number of thiocarbonyl (C=S) groups is 1. The van der Waals surface area contributed by atoms with Crippen molar-refractivity contribution in [1.82, 2.24) is 20.9 Å². The third kappa shape index (κ3) is 14.1. The Kier molecular flexibility index (Phi) is 17.7. The van der Waals surface area contributed by atoms with E-state index in [4.69, 9.17) is 46.8 Å². The summed E-state index contributed by atoms with van der Waals surface area (Å²) in [5, 5.41) is 8.79. The SMILES string of the molecule is CCCC[C@H](NC(=O)[C@H](CCCCN)NC(=O)[C@H](CCCN=C(N)N)NC(=O)c1ccc(/C=C2\SC(=S)N(Cc3ccc(Cl)cc3)C2=O)cc1)C(N)=O. The van der Waals surface area contributed by atoms with E-state index in [-0.39, 0.29) is 36.8 Å². The molecule has 0 aliphatic carbocycles. The van der Waals surface area contributed by atoms with Crippen LogP contribution in [0.3, 0.4) is 0 Å². The van der Waals surface area contributed by atoms with Crippen molar-refractivity contribution < 1.29 is 24.0 Å². The summed E-state index contributed by atoms with van der Waals surface area (Å²) in [7, 11) is 0. The summed E-state index contributed by atoms with van der Waals surface area (Å²) in [6.45, 7) is 2.87. The molecule has 286 valence electrons. The van der Waals surface area contributed by atoms with E-state index in [1.165, 1.54) is 16.7 Å². The number of aliphatic imine (C=N–C) groups is 1. The van der Waals surface area contributed by atoms with Crippen LogP contribution in [0.25, 0.3) is 6.08 Å². The van der Waals surface area contributed by atoms with E-state index < -0.39 is 41.8 Å². The van der Waals surface area contributed by atoms with E-state index in [0.29, 0.717) is 65.0 Å². The van der Waals surface area contributed by atoms with Crippen LogP contribution < -0.4 is 38.9 Å². The van der Waals surface area contributed by atoms with Crippen LogP contribution in [0.2, 0.25) is 5.02 Å². The van der Waals surface area contributed by atoms with Crippen molar-refractivity contribution in [2.75, 3.05) is 13.1 Å². The zero-order chi connectivity index (χ0) is 38.9. The lowest BCUT2D eigenvalue weighted by molar-refractivity contribution is -0.132. The van der Waals surface area contributed by atoms with Crippen LogP contribution in [0.4, 0.5) is 0 Å². The van der Waals surface area contributed by atoms with Crippen molar-refractivity contribution in [2.45, 2.75) is 83.0 Å². The maximum Gasteiger partial charge on any atom is 0.266 e. The van der Waals surface area contributed by atoms with Gasteiger partial charge < -0.3 is 38.9 Å². The Morgan fingerprint density at radius 1 is 0.868 bits per heavy atom. The molecule has 5 amide bonds. The van der Waals surface area contributed by atoms with Gasteiger partial charge in [-0.15, -0.1) is 0 Å². The molecule has 0 saturated carbocycles. The van der Waals surface area contributed by atoms with Crippen LogP contribution in [0.5, 0.6) is 0 Å². The first-order chi connectivity index (χ1) is 25.3. The molecule has 1 aliphatic heterocycles. The Morgan fingerprint density at radius 2 is 1.47 bits per heavy atom. The molecular formula is C36H48ClN9O5S2. The summed E-state index contributed by atoms with van der Waals surface area (Å²) in [5.41, 5.74) is 23.9. The topological polar surface area (TPSA) is 241 Å². The molecule has 1 saturated heterocycles. The molecule has 0 unspecified atom stereocenters. The first kappa shape index (κ1) is 42.9. The predicted molar refractivity (Wildman–Crippen MR) is 213 cm³/mol. The first-order valence-electron chi connectivity index (χ1n) is 17.4. The molecule has 53 heavy (non-hydrogen) atoms. The lowest BCUT2D eigenvalue weighted by Crippen LogP contribution is -2.56. The Hall–Kier alpha value is -4.51. The van der Waals surface area contributed by atoms with E-state index in [2.05, 4.69) is 20.9 Å². The lowest BCUT2D eigenvalue weighted by Gasteiger charge is -2.25. The van der Waals surface area contributed by atoms with Crippen LogP contribution in [-0.4, -0.2) is 75.9 Å². The molecule has 0 spiro atoms. The van der Waals surface area contributed by atoms with Crippen molar-refractivity contribution >= 4 is 81.5 Å². The average molecular weight is 786 g/mol. The van der Waals surface area contributed by atoms with Gasteiger partial charge in [0.05, 0.1) is 11.4 Å². The summed E-state index contributed by atoms with van der Waals surface area (Å²) in [6.07, 6.45) is 5.44. The standard InChI is InChI=1S/C36H48ClN9O5S2/c1-2-3-7-26(30(39)47)43-32(49)27(8-4-5-18-38)45-33(50)28(9-6-19-42-35(40)41)44-31(48)24-14-10-22(11-15-24)20-29-34(51)46(36(52)53-29)21-23-12-16-25(37)17-13-23/h10-17,20,26-28H,2-9,18-19,21,38H2,1H3,(H2,39,47)(H,43,49)(H,44,48)(H,45,50)(H4,40,41,42)/b29-20-/t26-,27-,28-/m0/s1. The highest BCUT2D eigenvalue weighted by atomic mass is 35.5. The number of guanidine groups is 1. The number of halogens is 1. The molecule has 1 fully saturated rings. The first-order valence-corrected chi connectivity index (χ1v) is 19.0. The maximum absolute atomic E-state index is 13.7. The second-order valence-corrected chi connectivity index (χ2v) is 14.6. The summed E-state index contributed by atoms with van der Waals surface area (Å²) in [4.78, 5) is 71.5. The number of hydrogen-bond donors (Lipinski definition) is 7. The highest BCUT2D eigenvalue weighted by molar-refractivity contribution is 8.26. The summed E-state index contributed by atoms with van der Waals surface area (Å²) in [5.74, 6) is -2.70. The van der Waals surface area contributed by atoms with E-state index in [9.17, 15) is 24.0 Å². The normalized spacial score (nSPS) is 15.1. The van der Waals surface area contributed by atoms with E-state index in [1.54, 1.807) is 42.5 Å². The van der Waals surface area contributed by atoms with Crippen molar-refractivity contribution in [2.24, 2.45) is 27.9 Å². The third-order valence-electron chi connectivity index (χ3n) is 8.25. The zero-order valence-corrected chi connectivity index (χ0v) is 32.0. The van der Waals surface area contributed by atoms with Crippen LogP contribution in [0.1, 0.15) is 79.8 Å². The largest absolute Gasteiger partial charge is 0.370 e. The average Bonchev–Trinajstić information content (AvgIpc) is 3.38. The molecule has 2 aromatic carbocycles. The van der Waals surface area contributed by atoms with Gasteiger partial charge in [-0.1, -0.05) is 79.6 Å². The summed E-state index contributed by atoms with van der Waals surface area (Å²) in [6, 6.07) is 10.7. The van der Waals surface area contributed by atoms with E-state index in [1.807, 2.05) is 19.1 Å². The fourth-order valence-corrected chi connectivity index (χ4v) is 6.69. The number of rotatable bonds is 21. The molecule has 0 bridgehead atoms. The number of carbonyl (C=O) groups is 5. The molecule has 17 heteroatoms. The second-order valence-electron chi connectivity index (χ2n) is 12.4. The highest BCUT2D eigenvalue weighted by Gasteiger charge is 2.32. The van der Waals surface area contributed by atoms with Crippen molar-refractivity contribution in [3.63, 3.8) is 0 Å². The number of thioether (sulfide) groups is 1. The molecule has 1 heterocycles. The quantitative estimate of drug-likeness (QED) is 0.0321. The molecule has 0 aromatic heterocycles. The number of amides is 5. The molecular weight excluding hydrogens is 738 g/mol. The van der Waals surface area contributed by atoms with E-state index >= 15 is 0 Å². The second kappa shape index (κ2) is 21.9. The smallest absolute Gasteiger partial charge is 0.266 e. The summed E-state index contributed by atoms with van der Waals surface area (Å²) < 4.78 is 0.430. The number of hydrogen-bond acceptors (Lipinski definition) is 9. The Balaban J connectivity index is 1.73. The molecule has 3 atom stereocenters. The Labute approximate surface area is 324 Å². The number of benzene rings is 2. The fourth-order valence-electron chi connectivity index (χ4n) is 5.30. The predicted octanol–water partition coefficient (Wildman–Crippen LogP) is 2.67. The van der Waals surface area contributed by atoms with Gasteiger partial charge in [0.1, 0.15) is 22.4 Å². The van der Waals surface area contributed by atoms with Gasteiger partial charge in [0.2, 0.25) is 17.7 Å². The highest BCUT2D eigenvalue weighted by Crippen LogP contribution is 2.33. The minimum absolute atomic E-state index is 0.109. The number of nitrogens with one attached hydrogen (secondary N) is 3. The van der Waals surface area contributed by atoms with Gasteiger partial charge in [-0.05, 0) is 86.5 Å². The number of carbonyl (C=O) groups excluding carboxylic acids is 5. The zero-order valence-electron chi connectivity index (χ0n) is 29.6. The van der Waals surface area contributed by atoms with Gasteiger partial charge >= 0.3 is 0 Å². The van der Waals surface area contributed by atoms with Gasteiger partial charge in [-0.25, -0.2) is 0 Å². The minimum Gasteiger partial charge on any atom is -0.370 e. The van der Waals surface area contributed by atoms with Gasteiger partial charge in [-0.2, -0.15) is 0 Å². The van der Waals surface area contributed by atoms with Crippen LogP contribution in [-0.2, 0) is 25.7 Å². The van der Waals surface area contributed by atoms with Crippen molar-refractivity contribution in [3.05, 3.63) is 75.1 Å². The fraction of sp³-hybridized carbons (Fsp3) is 0.417. The summed E-state index contributed by atoms with van der Waals surface area (Å²) >= 11 is 12.6. The molecule has 11 N–H and O–H groups in total.